The minimum absolute atomic E-state index is 0.0719. The molecular formula is C8H12BrN3O2S. The highest BCUT2D eigenvalue weighted by molar-refractivity contribution is 9.11. The molecule has 84 valence electrons. The molecule has 0 amide bonds. The Morgan fingerprint density at radius 3 is 2.93 bits per heavy atom. The van der Waals surface area contributed by atoms with Crippen LogP contribution in [0.4, 0.5) is 5.13 Å². The van der Waals surface area contributed by atoms with Crippen LogP contribution in [-0.4, -0.2) is 35.2 Å². The Labute approximate surface area is 100 Å². The lowest BCUT2D eigenvalue weighted by atomic mass is 10.4. The van der Waals surface area contributed by atoms with Gasteiger partial charge in [-0.25, -0.2) is 0 Å². The van der Waals surface area contributed by atoms with E-state index < -0.39 is 5.79 Å². The maximum atomic E-state index is 5.64. The number of hydrogen-bond acceptors (Lipinski definition) is 6. The van der Waals surface area contributed by atoms with Gasteiger partial charge in [-0.1, -0.05) is 11.3 Å². The third kappa shape index (κ3) is 3.10. The number of halogens is 1. The molecule has 1 aliphatic rings. The lowest BCUT2D eigenvalue weighted by molar-refractivity contribution is -0.136. The number of hydrogen-bond donors (Lipinski definition) is 1. The van der Waals surface area contributed by atoms with Gasteiger partial charge in [0.15, 0.2) is 9.70 Å². The first-order chi connectivity index (χ1) is 7.05. The molecule has 1 aromatic heterocycles. The van der Waals surface area contributed by atoms with E-state index in [2.05, 4.69) is 31.4 Å². The van der Waals surface area contributed by atoms with Crippen molar-refractivity contribution in [2.75, 3.05) is 18.5 Å². The van der Waals surface area contributed by atoms with E-state index in [1.165, 1.54) is 11.3 Å². The molecule has 1 N–H and O–H groups in total. The van der Waals surface area contributed by atoms with Crippen molar-refractivity contribution in [1.29, 1.82) is 0 Å². The van der Waals surface area contributed by atoms with Gasteiger partial charge in [-0.15, -0.1) is 10.2 Å². The molecule has 5 nitrogen and oxygen atoms in total. The molecule has 1 aromatic rings. The van der Waals surface area contributed by atoms with Gasteiger partial charge in [0.2, 0.25) is 5.13 Å². The highest BCUT2D eigenvalue weighted by Gasteiger charge is 2.32. The molecule has 1 unspecified atom stereocenters. The summed E-state index contributed by atoms with van der Waals surface area (Å²) >= 11 is 4.71. The number of anilines is 1. The predicted octanol–water partition coefficient (Wildman–Crippen LogP) is 1.86. The second-order valence-corrected chi connectivity index (χ2v) is 5.95. The lowest BCUT2D eigenvalue weighted by Crippen LogP contribution is -2.25. The van der Waals surface area contributed by atoms with Gasteiger partial charge in [0.05, 0.1) is 6.61 Å². The normalized spacial score (nSPS) is 24.3. The van der Waals surface area contributed by atoms with Crippen molar-refractivity contribution in [1.82, 2.24) is 10.2 Å². The van der Waals surface area contributed by atoms with Gasteiger partial charge in [-0.05, 0) is 29.8 Å². The van der Waals surface area contributed by atoms with Crippen LogP contribution >= 0.6 is 27.3 Å². The van der Waals surface area contributed by atoms with E-state index in [0.717, 1.165) is 9.05 Å². The van der Waals surface area contributed by atoms with Gasteiger partial charge in [0, 0.05) is 6.54 Å². The average Bonchev–Trinajstić information content (AvgIpc) is 2.69. The van der Waals surface area contributed by atoms with E-state index in [0.29, 0.717) is 13.2 Å². The Hall–Kier alpha value is -0.240. The van der Waals surface area contributed by atoms with Gasteiger partial charge < -0.3 is 14.8 Å². The SMILES string of the molecule is CC1(C)OCC(CNc2nnc(Br)s2)O1. The first-order valence-corrected chi connectivity index (χ1v) is 6.21. The molecule has 0 spiro atoms. The monoisotopic (exact) mass is 293 g/mol. The van der Waals surface area contributed by atoms with Crippen LogP contribution in [0, 0.1) is 0 Å². The Bertz CT molecular complexity index is 344. The van der Waals surface area contributed by atoms with Crippen molar-refractivity contribution in [2.24, 2.45) is 0 Å². The molecule has 0 bridgehead atoms. The van der Waals surface area contributed by atoms with Crippen LogP contribution in [0.15, 0.2) is 3.92 Å². The first kappa shape index (κ1) is 11.3. The van der Waals surface area contributed by atoms with Crippen LogP contribution in [0.2, 0.25) is 0 Å². The Kier molecular flexibility index (Phi) is 3.24. The topological polar surface area (TPSA) is 56.3 Å². The van der Waals surface area contributed by atoms with E-state index in [1.807, 2.05) is 13.8 Å². The van der Waals surface area contributed by atoms with Crippen molar-refractivity contribution in [3.63, 3.8) is 0 Å². The van der Waals surface area contributed by atoms with E-state index in [9.17, 15) is 0 Å². The molecule has 2 heterocycles. The van der Waals surface area contributed by atoms with Crippen LogP contribution in [0.1, 0.15) is 13.8 Å². The Morgan fingerprint density at radius 1 is 1.60 bits per heavy atom. The summed E-state index contributed by atoms with van der Waals surface area (Å²) in [6, 6.07) is 0. The molecule has 0 aliphatic carbocycles. The number of nitrogens with one attached hydrogen (secondary N) is 1. The zero-order valence-electron chi connectivity index (χ0n) is 8.49. The summed E-state index contributed by atoms with van der Waals surface area (Å²) in [6.45, 7) is 5.12. The predicted molar refractivity (Wildman–Crippen MR) is 61.0 cm³/mol. The average molecular weight is 294 g/mol. The Morgan fingerprint density at radius 2 is 2.40 bits per heavy atom. The van der Waals surface area contributed by atoms with E-state index >= 15 is 0 Å². The zero-order valence-corrected chi connectivity index (χ0v) is 10.9. The number of nitrogens with zero attached hydrogens (tertiary/aromatic N) is 2. The van der Waals surface area contributed by atoms with Gasteiger partial charge >= 0.3 is 0 Å². The van der Waals surface area contributed by atoms with Gasteiger partial charge in [-0.3, -0.25) is 0 Å². The fourth-order valence-corrected chi connectivity index (χ4v) is 2.36. The largest absolute Gasteiger partial charge is 0.357 e. The molecule has 1 aliphatic heterocycles. The van der Waals surface area contributed by atoms with Crippen LogP contribution in [0.3, 0.4) is 0 Å². The minimum atomic E-state index is -0.464. The molecule has 1 atom stereocenters. The molecule has 7 heteroatoms. The maximum absolute atomic E-state index is 5.64. The number of aromatic nitrogens is 2. The molecule has 0 radical (unpaired) electrons. The fraction of sp³-hybridized carbons (Fsp3) is 0.750. The van der Waals surface area contributed by atoms with E-state index in [-0.39, 0.29) is 6.10 Å². The van der Waals surface area contributed by atoms with Crippen LogP contribution in [0.5, 0.6) is 0 Å². The fourth-order valence-electron chi connectivity index (χ4n) is 1.34. The smallest absolute Gasteiger partial charge is 0.206 e. The number of rotatable bonds is 3. The van der Waals surface area contributed by atoms with Crippen molar-refractivity contribution < 1.29 is 9.47 Å². The zero-order chi connectivity index (χ0) is 10.9. The summed E-state index contributed by atoms with van der Waals surface area (Å²) in [5, 5.41) is 11.7. The summed E-state index contributed by atoms with van der Waals surface area (Å²) in [5.74, 6) is -0.464. The maximum Gasteiger partial charge on any atom is 0.206 e. The molecule has 1 fully saturated rings. The van der Waals surface area contributed by atoms with Crippen molar-refractivity contribution in [3.8, 4) is 0 Å². The Balaban J connectivity index is 1.80. The molecular weight excluding hydrogens is 282 g/mol. The number of ether oxygens (including phenoxy) is 2. The molecule has 1 saturated heterocycles. The molecule has 0 aromatic carbocycles. The molecule has 15 heavy (non-hydrogen) atoms. The third-order valence-electron chi connectivity index (χ3n) is 1.95. The standard InChI is InChI=1S/C8H12BrN3O2S/c1-8(2)13-4-5(14-8)3-10-7-12-11-6(9)15-7/h5H,3-4H2,1-2H3,(H,10,12). The highest BCUT2D eigenvalue weighted by atomic mass is 79.9. The van der Waals surface area contributed by atoms with Crippen molar-refractivity contribution >= 4 is 32.4 Å². The summed E-state index contributed by atoms with van der Waals surface area (Å²) < 4.78 is 11.9. The third-order valence-corrected chi connectivity index (χ3v) is 3.26. The summed E-state index contributed by atoms with van der Waals surface area (Å²) in [7, 11) is 0. The van der Waals surface area contributed by atoms with Gasteiger partial charge in [-0.2, -0.15) is 0 Å². The van der Waals surface area contributed by atoms with Crippen molar-refractivity contribution in [2.45, 2.75) is 25.7 Å². The van der Waals surface area contributed by atoms with Crippen molar-refractivity contribution in [3.05, 3.63) is 3.92 Å². The summed E-state index contributed by atoms with van der Waals surface area (Å²) in [6.07, 6.45) is 0.0719. The minimum Gasteiger partial charge on any atom is -0.357 e. The second-order valence-electron chi connectivity index (χ2n) is 3.69. The van der Waals surface area contributed by atoms with Crippen LogP contribution in [-0.2, 0) is 9.47 Å². The van der Waals surface area contributed by atoms with E-state index in [1.54, 1.807) is 0 Å². The van der Waals surface area contributed by atoms with Crippen LogP contribution < -0.4 is 5.32 Å². The quantitative estimate of drug-likeness (QED) is 0.922. The van der Waals surface area contributed by atoms with Crippen LogP contribution in [0.25, 0.3) is 0 Å². The molecule has 2 rings (SSSR count). The summed E-state index contributed by atoms with van der Waals surface area (Å²) in [4.78, 5) is 0. The summed E-state index contributed by atoms with van der Waals surface area (Å²) in [5.41, 5.74) is 0. The second kappa shape index (κ2) is 4.32. The molecule has 0 saturated carbocycles. The highest BCUT2D eigenvalue weighted by Crippen LogP contribution is 2.24. The first-order valence-electron chi connectivity index (χ1n) is 4.60. The van der Waals surface area contributed by atoms with E-state index in [4.69, 9.17) is 9.47 Å². The lowest BCUT2D eigenvalue weighted by Gasteiger charge is -2.16. The van der Waals surface area contributed by atoms with Gasteiger partial charge in [0.25, 0.3) is 0 Å². The van der Waals surface area contributed by atoms with Gasteiger partial charge in [0.1, 0.15) is 6.10 Å².